The lowest BCUT2D eigenvalue weighted by Gasteiger charge is -2.40. The van der Waals surface area contributed by atoms with Crippen LogP contribution in [0.3, 0.4) is 0 Å². The zero-order valence-electron chi connectivity index (χ0n) is 20.6. The summed E-state index contributed by atoms with van der Waals surface area (Å²) in [6.07, 6.45) is 3.12. The van der Waals surface area contributed by atoms with E-state index in [0.29, 0.717) is 12.1 Å². The minimum atomic E-state index is -0.549. The number of rotatable bonds is 6. The van der Waals surface area contributed by atoms with Gasteiger partial charge in [0.05, 0.1) is 17.2 Å². The van der Waals surface area contributed by atoms with E-state index < -0.39 is 11.6 Å². The largest absolute Gasteiger partial charge is 0.426 e. The van der Waals surface area contributed by atoms with Gasteiger partial charge in [-0.25, -0.2) is 8.78 Å². The topological polar surface area (TPSA) is 21.6 Å². The van der Waals surface area contributed by atoms with E-state index in [4.69, 9.17) is 4.65 Å². The maximum Gasteiger partial charge on any atom is 0.324 e. The van der Waals surface area contributed by atoms with E-state index >= 15 is 0 Å². The predicted octanol–water partition coefficient (Wildman–Crippen LogP) is 7.53. The van der Waals surface area contributed by atoms with Gasteiger partial charge < -0.3 is 4.65 Å². The Kier molecular flexibility index (Phi) is 9.63. The Labute approximate surface area is 206 Å². The van der Waals surface area contributed by atoms with E-state index in [2.05, 4.69) is 81.1 Å². The molecular formula is C27H35BBrF2NO. The molecule has 33 heavy (non-hydrogen) atoms. The fraction of sp³-hybridized carbons (Fsp3) is 0.444. The van der Waals surface area contributed by atoms with Crippen LogP contribution in [0.5, 0.6) is 0 Å². The zero-order chi connectivity index (χ0) is 24.8. The zero-order valence-corrected chi connectivity index (χ0v) is 22.2. The summed E-state index contributed by atoms with van der Waals surface area (Å²) in [5, 5.41) is 0.896. The lowest BCUT2D eigenvalue weighted by molar-refractivity contribution is 0.000449. The third-order valence-electron chi connectivity index (χ3n) is 6.39. The molecule has 0 spiro atoms. The number of hydrogen-bond donors (Lipinski definition) is 0. The molecule has 0 radical (unpaired) electrons. The number of benzene rings is 2. The molecule has 2 aromatic rings. The Balaban J connectivity index is 0.000000890. The molecule has 1 unspecified atom stereocenters. The van der Waals surface area contributed by atoms with Crippen molar-refractivity contribution in [1.82, 2.24) is 0 Å². The molecular weight excluding hydrogens is 483 g/mol. The monoisotopic (exact) mass is 517 g/mol. The van der Waals surface area contributed by atoms with Crippen LogP contribution in [0.4, 0.5) is 8.78 Å². The average Bonchev–Trinajstić information content (AvgIpc) is 3.22. The summed E-state index contributed by atoms with van der Waals surface area (Å²) >= 11 is 3.13. The smallest absolute Gasteiger partial charge is 0.324 e. The van der Waals surface area contributed by atoms with Crippen molar-refractivity contribution in [2.75, 3.05) is 5.33 Å². The fourth-order valence-corrected chi connectivity index (χ4v) is 3.47. The predicted molar refractivity (Wildman–Crippen MR) is 141 cm³/mol. The quantitative estimate of drug-likeness (QED) is 0.220. The molecule has 0 amide bonds. The Morgan fingerprint density at radius 1 is 1.09 bits per heavy atom. The molecule has 2 aromatic carbocycles. The van der Waals surface area contributed by atoms with Gasteiger partial charge in [0.25, 0.3) is 0 Å². The van der Waals surface area contributed by atoms with Crippen LogP contribution in [0.1, 0.15) is 64.6 Å². The van der Waals surface area contributed by atoms with Crippen LogP contribution in [0.2, 0.25) is 6.82 Å². The summed E-state index contributed by atoms with van der Waals surface area (Å²) in [6, 6.07) is 12.1. The van der Waals surface area contributed by atoms with Crippen molar-refractivity contribution in [2.45, 2.75) is 65.9 Å². The van der Waals surface area contributed by atoms with Crippen molar-refractivity contribution in [3.8, 4) is 0 Å². The number of hydrogen-bond acceptors (Lipinski definition) is 2. The first kappa shape index (κ1) is 27.5. The van der Waals surface area contributed by atoms with Gasteiger partial charge in [-0.05, 0) is 55.3 Å². The van der Waals surface area contributed by atoms with Gasteiger partial charge in [-0.1, -0.05) is 79.9 Å². The first-order chi connectivity index (χ1) is 15.4. The molecule has 0 aliphatic carbocycles. The maximum atomic E-state index is 14.1. The number of alkyl halides is 1. The van der Waals surface area contributed by atoms with Gasteiger partial charge in [0.1, 0.15) is 11.6 Å². The molecule has 6 heteroatoms. The van der Waals surface area contributed by atoms with Crippen molar-refractivity contribution >= 4 is 34.0 Å². The van der Waals surface area contributed by atoms with E-state index in [1.807, 2.05) is 12.1 Å². The molecule has 1 atom stereocenters. The van der Waals surface area contributed by atoms with Crippen LogP contribution in [-0.4, -0.2) is 23.6 Å². The van der Waals surface area contributed by atoms with Crippen LogP contribution < -0.4 is 5.46 Å². The highest BCUT2D eigenvalue weighted by molar-refractivity contribution is 9.09. The first-order valence-corrected chi connectivity index (χ1v) is 12.5. The first-order valence-electron chi connectivity index (χ1n) is 11.4. The van der Waals surface area contributed by atoms with E-state index in [9.17, 15) is 8.78 Å². The average molecular weight is 518 g/mol. The Hall–Kier alpha value is -1.79. The van der Waals surface area contributed by atoms with Gasteiger partial charge in [-0.3, -0.25) is 4.99 Å². The van der Waals surface area contributed by atoms with Gasteiger partial charge in [-0.2, -0.15) is 0 Å². The van der Waals surface area contributed by atoms with Crippen molar-refractivity contribution in [3.63, 3.8) is 0 Å². The van der Waals surface area contributed by atoms with Gasteiger partial charge >= 0.3 is 6.92 Å². The molecule has 0 N–H and O–H groups in total. The second-order valence-electron chi connectivity index (χ2n) is 9.86. The highest BCUT2D eigenvalue weighted by atomic mass is 79.9. The fourth-order valence-electron chi connectivity index (χ4n) is 3.47. The normalized spacial score (nSPS) is 16.0. The van der Waals surface area contributed by atoms with Gasteiger partial charge in [0.15, 0.2) is 0 Å². The molecule has 0 fully saturated rings. The summed E-state index contributed by atoms with van der Waals surface area (Å²) in [7, 11) is 0. The summed E-state index contributed by atoms with van der Waals surface area (Å²) < 4.78 is 34.5. The van der Waals surface area contributed by atoms with E-state index in [1.54, 1.807) is 6.08 Å². The lowest BCUT2D eigenvalue weighted by Crippen LogP contribution is -2.46. The molecule has 3 rings (SSSR count). The third kappa shape index (κ3) is 7.10. The molecule has 0 saturated carbocycles. The molecule has 1 heterocycles. The minimum absolute atomic E-state index is 0.0121. The third-order valence-corrected chi connectivity index (χ3v) is 6.85. The number of allylic oxidation sites excluding steroid dienone is 1. The van der Waals surface area contributed by atoms with E-state index in [-0.39, 0.29) is 29.5 Å². The Morgan fingerprint density at radius 3 is 2.12 bits per heavy atom. The van der Waals surface area contributed by atoms with Crippen LogP contribution in [0, 0.1) is 17.0 Å². The van der Waals surface area contributed by atoms with Gasteiger partial charge in [0.2, 0.25) is 0 Å². The summed E-state index contributed by atoms with van der Waals surface area (Å²) in [5.41, 5.74) is 2.45. The Morgan fingerprint density at radius 2 is 1.64 bits per heavy atom. The number of halogens is 3. The number of nitrogens with zero attached hydrogens (tertiary/aromatic N) is 1. The molecule has 0 saturated heterocycles. The van der Waals surface area contributed by atoms with Crippen LogP contribution in [0.25, 0.3) is 0 Å². The Bertz CT molecular complexity index is 947. The van der Waals surface area contributed by atoms with Crippen LogP contribution in [-0.2, 0) is 4.65 Å². The minimum Gasteiger partial charge on any atom is -0.426 e. The van der Waals surface area contributed by atoms with E-state index in [0.717, 1.165) is 22.8 Å². The SMILES string of the molecule is C=CCBr.CB(OC(C)(C)C(C)(C)C)c1ccc(C2CCC(c3c(F)cccc3F)=N2)cc1. The van der Waals surface area contributed by atoms with Crippen molar-refractivity contribution in [3.05, 3.63) is 77.9 Å². The summed E-state index contributed by atoms with van der Waals surface area (Å²) in [6.45, 7) is 16.2. The molecule has 0 bridgehead atoms. The van der Waals surface area contributed by atoms with Crippen LogP contribution in [0.15, 0.2) is 60.1 Å². The van der Waals surface area contributed by atoms with Gasteiger partial charge in [-0.15, -0.1) is 6.58 Å². The molecule has 1 aliphatic rings. The van der Waals surface area contributed by atoms with Crippen molar-refractivity contribution in [2.24, 2.45) is 10.4 Å². The van der Waals surface area contributed by atoms with Crippen LogP contribution >= 0.6 is 15.9 Å². The highest BCUT2D eigenvalue weighted by Crippen LogP contribution is 2.34. The molecule has 0 aromatic heterocycles. The highest BCUT2D eigenvalue weighted by Gasteiger charge is 2.36. The number of aliphatic imine (C=N–C) groups is 1. The van der Waals surface area contributed by atoms with Crippen molar-refractivity contribution < 1.29 is 13.4 Å². The van der Waals surface area contributed by atoms with E-state index in [1.165, 1.54) is 18.2 Å². The summed E-state index contributed by atoms with van der Waals surface area (Å²) in [4.78, 5) is 4.62. The maximum absolute atomic E-state index is 14.1. The van der Waals surface area contributed by atoms with Gasteiger partial charge in [0, 0.05) is 11.0 Å². The molecule has 1 aliphatic heterocycles. The lowest BCUT2D eigenvalue weighted by atomic mass is 9.61. The standard InChI is InChI=1S/C24H30BF2NO.C3H5Br/c1-23(2,3)24(4,5)29-25(6)17-12-10-16(11-13-17)20-14-15-21(28-20)22-18(26)8-7-9-19(22)27;1-2-3-4/h7-13,20H,14-15H2,1-6H3;2H,1,3H2. The second kappa shape index (κ2) is 11.6. The molecule has 2 nitrogen and oxygen atoms in total. The van der Waals surface area contributed by atoms with Crippen molar-refractivity contribution in [1.29, 1.82) is 0 Å². The summed E-state index contributed by atoms with van der Waals surface area (Å²) in [5.74, 6) is -1.10. The second-order valence-corrected chi connectivity index (χ2v) is 10.5. The molecule has 178 valence electrons.